The SMILES string of the molecule is Cc1cc(CNC(=O)c2ccc3nc(Cl)n(C)c3c2)c(C)n1C. The number of hydrogen-bond acceptors (Lipinski definition) is 2. The van der Waals surface area contributed by atoms with Crippen LogP contribution in [0, 0.1) is 13.8 Å². The standard InChI is InChI=1S/C17H19ClN4O/c1-10-7-13(11(2)21(10)3)9-19-16(23)12-5-6-14-15(8-12)22(4)17(18)20-14/h5-8H,9H2,1-4H3,(H,19,23). The molecule has 0 fully saturated rings. The lowest BCUT2D eigenvalue weighted by atomic mass is 10.1. The highest BCUT2D eigenvalue weighted by Gasteiger charge is 2.12. The lowest BCUT2D eigenvalue weighted by Gasteiger charge is -2.06. The molecule has 2 aromatic heterocycles. The van der Waals surface area contributed by atoms with Crippen molar-refractivity contribution in [3.05, 3.63) is 52.1 Å². The van der Waals surface area contributed by atoms with Crippen LogP contribution in [-0.4, -0.2) is 20.0 Å². The van der Waals surface area contributed by atoms with E-state index in [2.05, 4.69) is 34.8 Å². The minimum absolute atomic E-state index is 0.106. The van der Waals surface area contributed by atoms with Crippen LogP contribution in [0.5, 0.6) is 0 Å². The zero-order chi connectivity index (χ0) is 16.7. The maximum Gasteiger partial charge on any atom is 0.251 e. The van der Waals surface area contributed by atoms with Crippen LogP contribution < -0.4 is 5.32 Å². The smallest absolute Gasteiger partial charge is 0.251 e. The number of imidazole rings is 1. The number of halogens is 1. The Balaban J connectivity index is 1.80. The highest BCUT2D eigenvalue weighted by atomic mass is 35.5. The molecule has 0 radical (unpaired) electrons. The zero-order valence-corrected chi connectivity index (χ0v) is 14.4. The maximum absolute atomic E-state index is 12.4. The summed E-state index contributed by atoms with van der Waals surface area (Å²) in [5, 5.41) is 3.38. The second kappa shape index (κ2) is 5.74. The molecule has 0 unspecified atom stereocenters. The van der Waals surface area contributed by atoms with Gasteiger partial charge in [0.1, 0.15) is 0 Å². The Labute approximate surface area is 139 Å². The molecule has 23 heavy (non-hydrogen) atoms. The van der Waals surface area contributed by atoms with Gasteiger partial charge in [-0.15, -0.1) is 0 Å². The Morgan fingerprint density at radius 3 is 2.61 bits per heavy atom. The Kier molecular flexibility index (Phi) is 3.90. The largest absolute Gasteiger partial charge is 0.352 e. The fourth-order valence-corrected chi connectivity index (χ4v) is 2.87. The molecule has 3 aromatic rings. The number of amides is 1. The molecule has 6 heteroatoms. The predicted molar refractivity (Wildman–Crippen MR) is 91.8 cm³/mol. The maximum atomic E-state index is 12.4. The minimum atomic E-state index is -0.106. The quantitative estimate of drug-likeness (QED) is 0.802. The van der Waals surface area contributed by atoms with Crippen LogP contribution >= 0.6 is 11.6 Å². The molecule has 0 bridgehead atoms. The molecule has 1 aromatic carbocycles. The Bertz CT molecular complexity index is 907. The van der Waals surface area contributed by atoms with Crippen molar-refractivity contribution in [1.29, 1.82) is 0 Å². The third-order valence-corrected chi connectivity index (χ3v) is 4.75. The summed E-state index contributed by atoms with van der Waals surface area (Å²) in [6, 6.07) is 7.49. The van der Waals surface area contributed by atoms with E-state index in [0.717, 1.165) is 22.3 Å². The molecule has 2 heterocycles. The fourth-order valence-electron chi connectivity index (χ4n) is 2.69. The van der Waals surface area contributed by atoms with Gasteiger partial charge in [-0.05, 0) is 55.3 Å². The van der Waals surface area contributed by atoms with Crippen molar-refractivity contribution in [2.24, 2.45) is 14.1 Å². The average Bonchev–Trinajstić information content (AvgIpc) is 2.96. The molecule has 120 valence electrons. The first kappa shape index (κ1) is 15.6. The van der Waals surface area contributed by atoms with E-state index in [0.29, 0.717) is 17.4 Å². The van der Waals surface area contributed by atoms with Crippen molar-refractivity contribution in [2.75, 3.05) is 0 Å². The molecule has 0 aliphatic carbocycles. The summed E-state index contributed by atoms with van der Waals surface area (Å²) in [7, 11) is 3.85. The Hall–Kier alpha value is -2.27. The van der Waals surface area contributed by atoms with E-state index in [-0.39, 0.29) is 5.91 Å². The third kappa shape index (κ3) is 2.72. The number of aryl methyl sites for hydroxylation is 2. The number of nitrogens with zero attached hydrogens (tertiary/aromatic N) is 3. The van der Waals surface area contributed by atoms with E-state index in [1.807, 2.05) is 26.2 Å². The van der Waals surface area contributed by atoms with E-state index < -0.39 is 0 Å². The van der Waals surface area contributed by atoms with Gasteiger partial charge in [-0.25, -0.2) is 4.98 Å². The van der Waals surface area contributed by atoms with Crippen LogP contribution in [-0.2, 0) is 20.6 Å². The van der Waals surface area contributed by atoms with E-state index in [1.54, 1.807) is 10.6 Å². The third-order valence-electron chi connectivity index (χ3n) is 4.41. The topological polar surface area (TPSA) is 51.9 Å². The molecule has 0 spiro atoms. The van der Waals surface area contributed by atoms with E-state index in [4.69, 9.17) is 11.6 Å². The molecule has 3 rings (SSSR count). The minimum Gasteiger partial charge on any atom is -0.352 e. The molecule has 0 atom stereocenters. The molecule has 1 N–H and O–H groups in total. The number of benzene rings is 1. The van der Waals surface area contributed by atoms with Gasteiger partial charge in [-0.3, -0.25) is 4.79 Å². The molecule has 5 nitrogen and oxygen atoms in total. The van der Waals surface area contributed by atoms with Gasteiger partial charge < -0.3 is 14.5 Å². The monoisotopic (exact) mass is 330 g/mol. The number of aromatic nitrogens is 3. The van der Waals surface area contributed by atoms with Crippen molar-refractivity contribution in [2.45, 2.75) is 20.4 Å². The number of carbonyl (C=O) groups excluding carboxylic acids is 1. The van der Waals surface area contributed by atoms with Crippen molar-refractivity contribution in [3.63, 3.8) is 0 Å². The van der Waals surface area contributed by atoms with Crippen molar-refractivity contribution < 1.29 is 4.79 Å². The number of nitrogens with one attached hydrogen (secondary N) is 1. The van der Waals surface area contributed by atoms with E-state index in [9.17, 15) is 4.79 Å². The van der Waals surface area contributed by atoms with Crippen LogP contribution in [0.2, 0.25) is 5.28 Å². The van der Waals surface area contributed by atoms with Crippen LogP contribution in [0.1, 0.15) is 27.3 Å². The average molecular weight is 331 g/mol. The van der Waals surface area contributed by atoms with Crippen molar-refractivity contribution in [3.8, 4) is 0 Å². The first-order chi connectivity index (χ1) is 10.9. The Morgan fingerprint density at radius 1 is 1.22 bits per heavy atom. The highest BCUT2D eigenvalue weighted by molar-refractivity contribution is 6.29. The van der Waals surface area contributed by atoms with Gasteiger partial charge in [0, 0.05) is 37.6 Å². The number of hydrogen-bond donors (Lipinski definition) is 1. The van der Waals surface area contributed by atoms with Crippen LogP contribution in [0.25, 0.3) is 11.0 Å². The molecular weight excluding hydrogens is 312 g/mol. The molecular formula is C17H19ClN4O. The second-order valence-corrected chi connectivity index (χ2v) is 6.12. The first-order valence-electron chi connectivity index (χ1n) is 7.40. The summed E-state index contributed by atoms with van der Waals surface area (Å²) in [4.78, 5) is 16.6. The van der Waals surface area contributed by atoms with Crippen LogP contribution in [0.4, 0.5) is 0 Å². The zero-order valence-electron chi connectivity index (χ0n) is 13.6. The number of rotatable bonds is 3. The first-order valence-corrected chi connectivity index (χ1v) is 7.78. The predicted octanol–water partition coefficient (Wildman–Crippen LogP) is 3.11. The van der Waals surface area contributed by atoms with Crippen molar-refractivity contribution >= 4 is 28.5 Å². The van der Waals surface area contributed by atoms with Gasteiger partial charge in [0.2, 0.25) is 5.28 Å². The molecule has 0 aliphatic rings. The fraction of sp³-hybridized carbons (Fsp3) is 0.294. The summed E-state index contributed by atoms with van der Waals surface area (Å²) in [6.07, 6.45) is 0. The van der Waals surface area contributed by atoms with Crippen molar-refractivity contribution in [1.82, 2.24) is 19.4 Å². The molecule has 0 saturated heterocycles. The summed E-state index contributed by atoms with van der Waals surface area (Å²) in [5.74, 6) is -0.106. The summed E-state index contributed by atoms with van der Waals surface area (Å²) < 4.78 is 3.88. The van der Waals surface area contributed by atoms with Crippen LogP contribution in [0.3, 0.4) is 0 Å². The lowest BCUT2D eigenvalue weighted by molar-refractivity contribution is 0.0951. The molecule has 0 saturated carbocycles. The van der Waals surface area contributed by atoms with Gasteiger partial charge in [0.15, 0.2) is 0 Å². The van der Waals surface area contributed by atoms with E-state index >= 15 is 0 Å². The van der Waals surface area contributed by atoms with Crippen LogP contribution in [0.15, 0.2) is 24.3 Å². The van der Waals surface area contributed by atoms with Gasteiger partial charge >= 0.3 is 0 Å². The molecule has 0 aliphatic heterocycles. The van der Waals surface area contributed by atoms with Gasteiger partial charge in [-0.2, -0.15) is 0 Å². The molecule has 1 amide bonds. The summed E-state index contributed by atoms with van der Waals surface area (Å²) in [5.41, 5.74) is 5.69. The van der Waals surface area contributed by atoms with E-state index in [1.165, 1.54) is 5.69 Å². The highest BCUT2D eigenvalue weighted by Crippen LogP contribution is 2.20. The number of fused-ring (bicyclic) bond motifs is 1. The second-order valence-electron chi connectivity index (χ2n) is 5.78. The normalized spacial score (nSPS) is 11.2. The summed E-state index contributed by atoms with van der Waals surface area (Å²) >= 11 is 6.01. The lowest BCUT2D eigenvalue weighted by Crippen LogP contribution is -2.23. The summed E-state index contributed by atoms with van der Waals surface area (Å²) in [6.45, 7) is 4.62. The van der Waals surface area contributed by atoms with Gasteiger partial charge in [-0.1, -0.05) is 0 Å². The Morgan fingerprint density at radius 2 is 1.96 bits per heavy atom. The van der Waals surface area contributed by atoms with Gasteiger partial charge in [0.25, 0.3) is 5.91 Å². The van der Waals surface area contributed by atoms with Gasteiger partial charge in [0.05, 0.1) is 11.0 Å². The number of carbonyl (C=O) groups is 1.